The van der Waals surface area contributed by atoms with Gasteiger partial charge in [0.05, 0.1) is 17.4 Å². The standard InChI is InChI=1S/C32H31N3O2/c1-32(2,3)25-17-15-23(16-18-25)21-35-28-14-8-7-13-27(28)30(37-22-24-10-5-4-6-11-24)29(35)31(36)34-26-12-9-19-33-20-26/h4-20H,21-22H2,1-3H3,(H,34,36). The third-order valence-electron chi connectivity index (χ3n) is 6.45. The van der Waals surface area contributed by atoms with Crippen LogP contribution in [0.15, 0.2) is 103 Å². The van der Waals surface area contributed by atoms with E-state index in [9.17, 15) is 4.79 Å². The van der Waals surface area contributed by atoms with Gasteiger partial charge < -0.3 is 14.6 Å². The first-order valence-corrected chi connectivity index (χ1v) is 12.5. The SMILES string of the molecule is CC(C)(C)c1ccc(Cn2c(C(=O)Nc3cccnc3)c(OCc3ccccc3)c3ccccc32)cc1. The molecule has 5 nitrogen and oxygen atoms in total. The predicted molar refractivity (Wildman–Crippen MR) is 149 cm³/mol. The molecule has 0 saturated heterocycles. The molecule has 5 heteroatoms. The highest BCUT2D eigenvalue weighted by atomic mass is 16.5. The molecule has 0 spiro atoms. The second kappa shape index (κ2) is 10.3. The molecule has 2 aromatic heterocycles. The van der Waals surface area contributed by atoms with Gasteiger partial charge in [-0.15, -0.1) is 0 Å². The largest absolute Gasteiger partial charge is 0.486 e. The van der Waals surface area contributed by atoms with E-state index in [0.29, 0.717) is 30.3 Å². The molecule has 1 amide bonds. The van der Waals surface area contributed by atoms with Crippen LogP contribution in [0.1, 0.15) is 48.0 Å². The average Bonchev–Trinajstić information content (AvgIpc) is 3.21. The van der Waals surface area contributed by atoms with Crippen molar-refractivity contribution in [3.63, 3.8) is 0 Å². The number of aromatic nitrogens is 2. The number of amides is 1. The summed E-state index contributed by atoms with van der Waals surface area (Å²) in [6.07, 6.45) is 3.32. The molecule has 37 heavy (non-hydrogen) atoms. The lowest BCUT2D eigenvalue weighted by Gasteiger charge is -2.19. The molecule has 0 saturated carbocycles. The number of hydrogen-bond donors (Lipinski definition) is 1. The lowest BCUT2D eigenvalue weighted by molar-refractivity contribution is 0.101. The van der Waals surface area contributed by atoms with Crippen LogP contribution in [0.25, 0.3) is 10.9 Å². The van der Waals surface area contributed by atoms with E-state index in [0.717, 1.165) is 22.0 Å². The third kappa shape index (κ3) is 5.41. The van der Waals surface area contributed by atoms with Crippen LogP contribution in [0.3, 0.4) is 0 Å². The number of hydrogen-bond acceptors (Lipinski definition) is 3. The van der Waals surface area contributed by atoms with E-state index in [-0.39, 0.29) is 11.3 Å². The van der Waals surface area contributed by atoms with Crippen LogP contribution in [0.5, 0.6) is 5.75 Å². The summed E-state index contributed by atoms with van der Waals surface area (Å²) in [7, 11) is 0. The zero-order valence-corrected chi connectivity index (χ0v) is 21.4. The maximum Gasteiger partial charge on any atom is 0.276 e. The van der Waals surface area contributed by atoms with E-state index < -0.39 is 0 Å². The number of pyridine rings is 1. The number of carbonyl (C=O) groups is 1. The Morgan fingerprint density at radius 2 is 1.59 bits per heavy atom. The molecule has 5 aromatic rings. The van der Waals surface area contributed by atoms with Crippen molar-refractivity contribution >= 4 is 22.5 Å². The molecular formula is C32H31N3O2. The summed E-state index contributed by atoms with van der Waals surface area (Å²) in [4.78, 5) is 17.9. The molecule has 0 fully saturated rings. The zero-order chi connectivity index (χ0) is 25.8. The van der Waals surface area contributed by atoms with E-state index in [4.69, 9.17) is 4.74 Å². The number of nitrogens with one attached hydrogen (secondary N) is 1. The highest BCUT2D eigenvalue weighted by Crippen LogP contribution is 2.35. The summed E-state index contributed by atoms with van der Waals surface area (Å²) in [5, 5.41) is 3.91. The number of anilines is 1. The summed E-state index contributed by atoms with van der Waals surface area (Å²) in [5.41, 5.74) is 5.56. The van der Waals surface area contributed by atoms with Crippen LogP contribution < -0.4 is 10.1 Å². The van der Waals surface area contributed by atoms with Gasteiger partial charge in [-0.1, -0.05) is 87.5 Å². The molecule has 2 heterocycles. The van der Waals surface area contributed by atoms with Gasteiger partial charge in [-0.25, -0.2) is 0 Å². The van der Waals surface area contributed by atoms with Gasteiger partial charge in [0.15, 0.2) is 11.4 Å². The van der Waals surface area contributed by atoms with Gasteiger partial charge in [-0.05, 0) is 46.4 Å². The fraction of sp³-hybridized carbons (Fsp3) is 0.188. The maximum absolute atomic E-state index is 13.8. The number of nitrogens with zero attached hydrogens (tertiary/aromatic N) is 2. The highest BCUT2D eigenvalue weighted by molar-refractivity contribution is 6.10. The van der Waals surface area contributed by atoms with Gasteiger partial charge in [-0.3, -0.25) is 9.78 Å². The molecule has 0 unspecified atom stereocenters. The molecular weight excluding hydrogens is 458 g/mol. The van der Waals surface area contributed by atoms with Gasteiger partial charge >= 0.3 is 0 Å². The molecule has 0 aliphatic rings. The minimum Gasteiger partial charge on any atom is -0.486 e. The lowest BCUT2D eigenvalue weighted by atomic mass is 9.87. The van der Waals surface area contributed by atoms with Crippen molar-refractivity contribution in [2.24, 2.45) is 0 Å². The Morgan fingerprint density at radius 3 is 2.30 bits per heavy atom. The van der Waals surface area contributed by atoms with Gasteiger partial charge in [0.25, 0.3) is 5.91 Å². The molecule has 3 aromatic carbocycles. The van der Waals surface area contributed by atoms with Crippen LogP contribution in [0, 0.1) is 0 Å². The maximum atomic E-state index is 13.8. The molecule has 0 radical (unpaired) electrons. The number of fused-ring (bicyclic) bond motifs is 1. The summed E-state index contributed by atoms with van der Waals surface area (Å²) < 4.78 is 8.43. The van der Waals surface area contributed by atoms with E-state index in [2.05, 4.69) is 55.3 Å². The fourth-order valence-electron chi connectivity index (χ4n) is 4.46. The number of ether oxygens (including phenoxy) is 1. The van der Waals surface area contributed by atoms with Crippen molar-refractivity contribution in [1.29, 1.82) is 0 Å². The summed E-state index contributed by atoms with van der Waals surface area (Å²) in [6.45, 7) is 7.52. The van der Waals surface area contributed by atoms with Crippen molar-refractivity contribution in [2.75, 3.05) is 5.32 Å². The monoisotopic (exact) mass is 489 g/mol. The van der Waals surface area contributed by atoms with Gasteiger partial charge in [0.1, 0.15) is 6.61 Å². The molecule has 0 aliphatic heterocycles. The highest BCUT2D eigenvalue weighted by Gasteiger charge is 2.25. The normalized spacial score (nSPS) is 11.4. The Balaban J connectivity index is 1.58. The Hall–Kier alpha value is -4.38. The van der Waals surface area contributed by atoms with Crippen LogP contribution in [0.4, 0.5) is 5.69 Å². The van der Waals surface area contributed by atoms with Gasteiger partial charge in [-0.2, -0.15) is 0 Å². The van der Waals surface area contributed by atoms with E-state index in [1.807, 2.05) is 65.2 Å². The number of carbonyl (C=O) groups excluding carboxylic acids is 1. The molecule has 0 aliphatic carbocycles. The third-order valence-corrected chi connectivity index (χ3v) is 6.45. The lowest BCUT2D eigenvalue weighted by Crippen LogP contribution is -2.19. The van der Waals surface area contributed by atoms with Crippen molar-refractivity contribution in [2.45, 2.75) is 39.3 Å². The first-order chi connectivity index (χ1) is 17.9. The van der Waals surface area contributed by atoms with Crippen LogP contribution in [-0.4, -0.2) is 15.5 Å². The predicted octanol–water partition coefficient (Wildman–Crippen LogP) is 7.21. The summed E-state index contributed by atoms with van der Waals surface area (Å²) in [6, 6.07) is 30.3. The van der Waals surface area contributed by atoms with Gasteiger partial charge in [0.2, 0.25) is 0 Å². The minimum atomic E-state index is -0.237. The van der Waals surface area contributed by atoms with Crippen LogP contribution in [0.2, 0.25) is 0 Å². The van der Waals surface area contributed by atoms with E-state index in [1.165, 1.54) is 5.56 Å². The zero-order valence-electron chi connectivity index (χ0n) is 21.4. The molecule has 5 rings (SSSR count). The molecule has 186 valence electrons. The number of rotatable bonds is 7. The Labute approximate surface area is 217 Å². The smallest absolute Gasteiger partial charge is 0.276 e. The van der Waals surface area contributed by atoms with Crippen LogP contribution >= 0.6 is 0 Å². The van der Waals surface area contributed by atoms with E-state index >= 15 is 0 Å². The molecule has 1 N–H and O–H groups in total. The fourth-order valence-corrected chi connectivity index (χ4v) is 4.46. The average molecular weight is 490 g/mol. The van der Waals surface area contributed by atoms with Crippen molar-refractivity contribution in [3.05, 3.63) is 126 Å². The molecule has 0 atom stereocenters. The van der Waals surface area contributed by atoms with Crippen molar-refractivity contribution < 1.29 is 9.53 Å². The minimum absolute atomic E-state index is 0.0753. The summed E-state index contributed by atoms with van der Waals surface area (Å²) in [5.74, 6) is 0.339. The first-order valence-electron chi connectivity index (χ1n) is 12.5. The Morgan fingerprint density at radius 1 is 0.865 bits per heavy atom. The second-order valence-electron chi connectivity index (χ2n) is 10.2. The Kier molecular flexibility index (Phi) is 6.78. The number of benzene rings is 3. The van der Waals surface area contributed by atoms with Crippen LogP contribution in [-0.2, 0) is 18.6 Å². The quantitative estimate of drug-likeness (QED) is 0.263. The topological polar surface area (TPSA) is 56.2 Å². The second-order valence-corrected chi connectivity index (χ2v) is 10.2. The van der Waals surface area contributed by atoms with Crippen molar-refractivity contribution in [3.8, 4) is 5.75 Å². The van der Waals surface area contributed by atoms with E-state index in [1.54, 1.807) is 18.5 Å². The Bertz CT molecular complexity index is 1500. The summed E-state index contributed by atoms with van der Waals surface area (Å²) >= 11 is 0. The molecule has 0 bridgehead atoms. The van der Waals surface area contributed by atoms with Crippen molar-refractivity contribution in [1.82, 2.24) is 9.55 Å². The van der Waals surface area contributed by atoms with Gasteiger partial charge in [0, 0.05) is 18.1 Å². The first kappa shape index (κ1) is 24.3. The number of para-hydroxylation sites is 1.